The van der Waals surface area contributed by atoms with E-state index in [1.807, 2.05) is 19.2 Å². The molecule has 15 heavy (non-hydrogen) atoms. The van der Waals surface area contributed by atoms with E-state index in [0.29, 0.717) is 6.61 Å². The molecule has 0 spiro atoms. The Bertz CT molecular complexity index is 334. The zero-order valence-electron chi connectivity index (χ0n) is 9.16. The molecule has 82 valence electrons. The van der Waals surface area contributed by atoms with Crippen molar-refractivity contribution < 1.29 is 5.11 Å². The third kappa shape index (κ3) is 2.55. The Kier molecular flexibility index (Phi) is 3.03. The van der Waals surface area contributed by atoms with Gasteiger partial charge in [-0.25, -0.2) is 0 Å². The second-order valence-corrected chi connectivity index (χ2v) is 4.51. The molecule has 0 unspecified atom stereocenters. The van der Waals surface area contributed by atoms with Crippen LogP contribution in [0.1, 0.15) is 24.1 Å². The molecule has 2 N–H and O–H groups in total. The summed E-state index contributed by atoms with van der Waals surface area (Å²) in [6.45, 7) is 4.10. The van der Waals surface area contributed by atoms with Crippen molar-refractivity contribution in [3.05, 3.63) is 29.6 Å². The Hall–Kier alpha value is -0.930. The van der Waals surface area contributed by atoms with Gasteiger partial charge in [0.05, 0.1) is 0 Å². The van der Waals surface area contributed by atoms with Gasteiger partial charge in [-0.1, -0.05) is 6.07 Å². The molecule has 0 aliphatic heterocycles. The van der Waals surface area contributed by atoms with Gasteiger partial charge in [0.2, 0.25) is 0 Å². The van der Waals surface area contributed by atoms with Gasteiger partial charge < -0.3 is 10.4 Å². The summed E-state index contributed by atoms with van der Waals surface area (Å²) >= 11 is 0. The van der Waals surface area contributed by atoms with Gasteiger partial charge in [-0.05, 0) is 31.4 Å². The van der Waals surface area contributed by atoms with E-state index in [0.717, 1.165) is 31.6 Å². The van der Waals surface area contributed by atoms with E-state index in [1.165, 1.54) is 5.56 Å². The molecular formula is C12H18N2O. The van der Waals surface area contributed by atoms with Gasteiger partial charge in [-0.2, -0.15) is 0 Å². The number of hydrogen-bond acceptors (Lipinski definition) is 3. The highest BCUT2D eigenvalue weighted by Gasteiger charge is 2.41. The van der Waals surface area contributed by atoms with Crippen molar-refractivity contribution in [2.45, 2.75) is 26.3 Å². The molecule has 0 saturated heterocycles. The van der Waals surface area contributed by atoms with Crippen LogP contribution in [0.4, 0.5) is 0 Å². The SMILES string of the molecule is Cc1ncccc1CNCC1(CO)CC1. The molecule has 0 aromatic carbocycles. The average Bonchev–Trinajstić information content (AvgIpc) is 3.02. The summed E-state index contributed by atoms with van der Waals surface area (Å²) in [4.78, 5) is 4.24. The quantitative estimate of drug-likeness (QED) is 0.762. The van der Waals surface area contributed by atoms with Crippen molar-refractivity contribution in [1.29, 1.82) is 0 Å². The summed E-state index contributed by atoms with van der Waals surface area (Å²) in [5.74, 6) is 0. The van der Waals surface area contributed by atoms with Crippen molar-refractivity contribution >= 4 is 0 Å². The molecule has 1 aromatic heterocycles. The first kappa shape index (κ1) is 10.6. The van der Waals surface area contributed by atoms with Crippen LogP contribution in [0, 0.1) is 12.3 Å². The first-order chi connectivity index (χ1) is 7.26. The molecule has 3 heteroatoms. The molecular weight excluding hydrogens is 188 g/mol. The number of nitrogens with zero attached hydrogens (tertiary/aromatic N) is 1. The number of aromatic nitrogens is 1. The van der Waals surface area contributed by atoms with Gasteiger partial charge in [-0.15, -0.1) is 0 Å². The molecule has 1 aromatic rings. The molecule has 3 nitrogen and oxygen atoms in total. The predicted molar refractivity (Wildman–Crippen MR) is 59.4 cm³/mol. The van der Waals surface area contributed by atoms with Crippen LogP contribution >= 0.6 is 0 Å². The van der Waals surface area contributed by atoms with Gasteiger partial charge in [0.1, 0.15) is 0 Å². The summed E-state index contributed by atoms with van der Waals surface area (Å²) in [7, 11) is 0. The molecule has 1 saturated carbocycles. The average molecular weight is 206 g/mol. The third-order valence-electron chi connectivity index (χ3n) is 3.22. The lowest BCUT2D eigenvalue weighted by molar-refractivity contribution is 0.207. The van der Waals surface area contributed by atoms with Crippen LogP contribution in [-0.2, 0) is 6.54 Å². The molecule has 2 rings (SSSR count). The van der Waals surface area contributed by atoms with Crippen LogP contribution in [0.25, 0.3) is 0 Å². The fraction of sp³-hybridized carbons (Fsp3) is 0.583. The predicted octanol–water partition coefficient (Wildman–Crippen LogP) is 1.25. The minimum absolute atomic E-state index is 0.191. The highest BCUT2D eigenvalue weighted by molar-refractivity contribution is 5.17. The van der Waals surface area contributed by atoms with E-state index in [1.54, 1.807) is 0 Å². The summed E-state index contributed by atoms with van der Waals surface area (Å²) in [6, 6.07) is 4.05. The minimum atomic E-state index is 0.191. The normalized spacial score (nSPS) is 17.7. The summed E-state index contributed by atoms with van der Waals surface area (Å²) in [5.41, 5.74) is 2.51. The monoisotopic (exact) mass is 206 g/mol. The van der Waals surface area contributed by atoms with Gasteiger partial charge in [0.15, 0.2) is 0 Å². The van der Waals surface area contributed by atoms with E-state index < -0.39 is 0 Å². The Morgan fingerprint density at radius 2 is 2.33 bits per heavy atom. The van der Waals surface area contributed by atoms with E-state index in [2.05, 4.69) is 16.4 Å². The Labute approximate surface area is 90.5 Å². The molecule has 0 amide bonds. The second-order valence-electron chi connectivity index (χ2n) is 4.51. The molecule has 1 heterocycles. The number of rotatable bonds is 5. The van der Waals surface area contributed by atoms with Crippen molar-refractivity contribution in [2.75, 3.05) is 13.2 Å². The number of aliphatic hydroxyl groups excluding tert-OH is 1. The van der Waals surface area contributed by atoms with E-state index in [9.17, 15) is 0 Å². The molecule has 0 atom stereocenters. The molecule has 0 radical (unpaired) electrons. The Morgan fingerprint density at radius 1 is 1.53 bits per heavy atom. The minimum Gasteiger partial charge on any atom is -0.396 e. The summed E-state index contributed by atoms with van der Waals surface area (Å²) in [6.07, 6.45) is 4.12. The van der Waals surface area contributed by atoms with Crippen LogP contribution in [0.2, 0.25) is 0 Å². The highest BCUT2D eigenvalue weighted by Crippen LogP contribution is 2.44. The topological polar surface area (TPSA) is 45.2 Å². The lowest BCUT2D eigenvalue weighted by atomic mass is 10.1. The first-order valence-corrected chi connectivity index (χ1v) is 5.48. The van der Waals surface area contributed by atoms with Crippen LogP contribution in [0.15, 0.2) is 18.3 Å². The Balaban J connectivity index is 1.81. The van der Waals surface area contributed by atoms with Gasteiger partial charge in [0, 0.05) is 37.0 Å². The molecule has 1 fully saturated rings. The van der Waals surface area contributed by atoms with Gasteiger partial charge in [-0.3, -0.25) is 4.98 Å². The van der Waals surface area contributed by atoms with Crippen LogP contribution in [0.5, 0.6) is 0 Å². The van der Waals surface area contributed by atoms with Crippen molar-refractivity contribution in [3.8, 4) is 0 Å². The maximum atomic E-state index is 9.16. The highest BCUT2D eigenvalue weighted by atomic mass is 16.3. The largest absolute Gasteiger partial charge is 0.396 e. The standard InChI is InChI=1S/C12H18N2O/c1-10-11(3-2-6-14-10)7-13-8-12(9-15)4-5-12/h2-3,6,13,15H,4-5,7-9H2,1H3. The second kappa shape index (κ2) is 4.29. The van der Waals surface area contributed by atoms with E-state index >= 15 is 0 Å². The lowest BCUT2D eigenvalue weighted by Crippen LogP contribution is -2.26. The zero-order valence-corrected chi connectivity index (χ0v) is 9.16. The van der Waals surface area contributed by atoms with Crippen molar-refractivity contribution in [3.63, 3.8) is 0 Å². The van der Waals surface area contributed by atoms with Gasteiger partial charge >= 0.3 is 0 Å². The number of pyridine rings is 1. The summed E-state index contributed by atoms with van der Waals surface area (Å²) < 4.78 is 0. The summed E-state index contributed by atoms with van der Waals surface area (Å²) in [5, 5.41) is 12.6. The molecule has 1 aliphatic rings. The number of aryl methyl sites for hydroxylation is 1. The van der Waals surface area contributed by atoms with E-state index in [4.69, 9.17) is 5.11 Å². The fourth-order valence-corrected chi connectivity index (χ4v) is 1.73. The van der Waals surface area contributed by atoms with Crippen molar-refractivity contribution in [1.82, 2.24) is 10.3 Å². The third-order valence-corrected chi connectivity index (χ3v) is 3.22. The Morgan fingerprint density at radius 3 is 2.93 bits per heavy atom. The number of aliphatic hydroxyl groups is 1. The maximum Gasteiger partial charge on any atom is 0.0499 e. The van der Waals surface area contributed by atoms with Crippen LogP contribution in [0.3, 0.4) is 0 Å². The zero-order chi connectivity index (χ0) is 10.7. The fourth-order valence-electron chi connectivity index (χ4n) is 1.73. The smallest absolute Gasteiger partial charge is 0.0499 e. The maximum absolute atomic E-state index is 9.16. The lowest BCUT2D eigenvalue weighted by Gasteiger charge is -2.13. The first-order valence-electron chi connectivity index (χ1n) is 5.48. The molecule has 0 bridgehead atoms. The van der Waals surface area contributed by atoms with Crippen molar-refractivity contribution in [2.24, 2.45) is 5.41 Å². The number of nitrogens with one attached hydrogen (secondary N) is 1. The van der Waals surface area contributed by atoms with Gasteiger partial charge in [0.25, 0.3) is 0 Å². The molecule has 1 aliphatic carbocycles. The van der Waals surface area contributed by atoms with Crippen LogP contribution < -0.4 is 5.32 Å². The number of hydrogen-bond donors (Lipinski definition) is 2. The van der Waals surface area contributed by atoms with E-state index in [-0.39, 0.29) is 5.41 Å². The van der Waals surface area contributed by atoms with Crippen LogP contribution in [-0.4, -0.2) is 23.2 Å².